The quantitative estimate of drug-likeness (QED) is 0.811. The second-order valence-electron chi connectivity index (χ2n) is 5.20. The van der Waals surface area contributed by atoms with E-state index in [0.717, 1.165) is 24.9 Å². The number of carbonyl (C=O) groups is 1. The van der Waals surface area contributed by atoms with Crippen molar-refractivity contribution in [2.75, 3.05) is 13.1 Å². The number of nitrogens with zero attached hydrogens (tertiary/aromatic N) is 4. The van der Waals surface area contributed by atoms with Gasteiger partial charge in [0.15, 0.2) is 0 Å². The van der Waals surface area contributed by atoms with Gasteiger partial charge in [0.2, 0.25) is 5.91 Å². The number of likely N-dealkylation sites (tertiary alicyclic amines) is 1. The lowest BCUT2D eigenvalue weighted by Crippen LogP contribution is -2.40. The molecule has 108 valence electrons. The predicted molar refractivity (Wildman–Crippen MR) is 80.3 cm³/mol. The van der Waals surface area contributed by atoms with Crippen LogP contribution in [0.3, 0.4) is 0 Å². The van der Waals surface area contributed by atoms with Gasteiger partial charge in [0, 0.05) is 19.2 Å². The molecular weight excluding hydrogens is 264 g/mol. The Morgan fingerprint density at radius 2 is 2.14 bits per heavy atom. The van der Waals surface area contributed by atoms with E-state index >= 15 is 0 Å². The molecule has 0 bridgehead atoms. The maximum Gasteiger partial charge on any atom is 0.246 e. The molecule has 1 aliphatic heterocycles. The van der Waals surface area contributed by atoms with Gasteiger partial charge in [0.25, 0.3) is 0 Å². The van der Waals surface area contributed by atoms with Crippen molar-refractivity contribution in [1.82, 2.24) is 19.7 Å². The molecule has 0 unspecified atom stereocenters. The summed E-state index contributed by atoms with van der Waals surface area (Å²) in [7, 11) is 0. The van der Waals surface area contributed by atoms with Crippen LogP contribution in [0.25, 0.3) is 6.08 Å². The van der Waals surface area contributed by atoms with Crippen LogP contribution in [0.15, 0.2) is 49.1 Å². The van der Waals surface area contributed by atoms with E-state index < -0.39 is 0 Å². The van der Waals surface area contributed by atoms with Gasteiger partial charge in [-0.1, -0.05) is 30.3 Å². The molecule has 1 aromatic heterocycles. The normalized spacial score (nSPS) is 19.0. The summed E-state index contributed by atoms with van der Waals surface area (Å²) in [6.45, 7) is 1.50. The molecule has 1 fully saturated rings. The van der Waals surface area contributed by atoms with Gasteiger partial charge in [-0.25, -0.2) is 9.67 Å². The fraction of sp³-hybridized carbons (Fsp3) is 0.312. The van der Waals surface area contributed by atoms with Gasteiger partial charge in [0.05, 0.1) is 6.04 Å². The summed E-state index contributed by atoms with van der Waals surface area (Å²) in [5.41, 5.74) is 1.04. The van der Waals surface area contributed by atoms with Crippen molar-refractivity contribution in [2.45, 2.75) is 18.9 Å². The van der Waals surface area contributed by atoms with Gasteiger partial charge in [-0.15, -0.1) is 0 Å². The summed E-state index contributed by atoms with van der Waals surface area (Å²) in [6.07, 6.45) is 8.81. The van der Waals surface area contributed by atoms with Crippen molar-refractivity contribution in [3.05, 3.63) is 54.6 Å². The minimum atomic E-state index is 0.0590. The highest BCUT2D eigenvalue weighted by molar-refractivity contribution is 5.91. The molecule has 2 aromatic rings. The van der Waals surface area contributed by atoms with Crippen molar-refractivity contribution in [2.24, 2.45) is 0 Å². The highest BCUT2D eigenvalue weighted by Crippen LogP contribution is 2.20. The summed E-state index contributed by atoms with van der Waals surface area (Å²) in [5.74, 6) is 0.0590. The summed E-state index contributed by atoms with van der Waals surface area (Å²) in [4.78, 5) is 18.1. The Bertz CT molecular complexity index is 606. The zero-order valence-electron chi connectivity index (χ0n) is 11.8. The molecule has 1 saturated heterocycles. The van der Waals surface area contributed by atoms with Gasteiger partial charge >= 0.3 is 0 Å². The number of hydrogen-bond donors (Lipinski definition) is 0. The number of carbonyl (C=O) groups excluding carboxylic acids is 1. The highest BCUT2D eigenvalue weighted by atomic mass is 16.2. The fourth-order valence-corrected chi connectivity index (χ4v) is 2.61. The molecule has 0 aliphatic carbocycles. The van der Waals surface area contributed by atoms with E-state index in [4.69, 9.17) is 0 Å². The molecule has 1 amide bonds. The minimum Gasteiger partial charge on any atom is -0.337 e. The van der Waals surface area contributed by atoms with Crippen LogP contribution in [0, 0.1) is 0 Å². The summed E-state index contributed by atoms with van der Waals surface area (Å²) < 4.78 is 1.85. The zero-order chi connectivity index (χ0) is 14.5. The molecule has 1 aromatic carbocycles. The summed E-state index contributed by atoms with van der Waals surface area (Å²) >= 11 is 0. The lowest BCUT2D eigenvalue weighted by Gasteiger charge is -2.31. The van der Waals surface area contributed by atoms with Crippen LogP contribution in [-0.2, 0) is 4.79 Å². The van der Waals surface area contributed by atoms with Crippen LogP contribution in [0.4, 0.5) is 0 Å². The SMILES string of the molecule is O=C(/C=C\c1ccccc1)N1CCC[C@@H](n2cncn2)C1. The van der Waals surface area contributed by atoms with Gasteiger partial charge in [-0.2, -0.15) is 5.10 Å². The molecule has 2 heterocycles. The molecule has 0 spiro atoms. The highest BCUT2D eigenvalue weighted by Gasteiger charge is 2.23. The van der Waals surface area contributed by atoms with Crippen LogP contribution >= 0.6 is 0 Å². The Morgan fingerprint density at radius 3 is 2.90 bits per heavy atom. The Hall–Kier alpha value is -2.43. The third kappa shape index (κ3) is 3.37. The van der Waals surface area contributed by atoms with E-state index in [1.54, 1.807) is 12.4 Å². The smallest absolute Gasteiger partial charge is 0.246 e. The lowest BCUT2D eigenvalue weighted by atomic mass is 10.1. The van der Waals surface area contributed by atoms with Crippen LogP contribution in [0.5, 0.6) is 0 Å². The van der Waals surface area contributed by atoms with Crippen molar-refractivity contribution in [3.63, 3.8) is 0 Å². The number of rotatable bonds is 3. The fourth-order valence-electron chi connectivity index (χ4n) is 2.61. The first-order valence-corrected chi connectivity index (χ1v) is 7.19. The lowest BCUT2D eigenvalue weighted by molar-refractivity contribution is -0.127. The van der Waals surface area contributed by atoms with Crippen molar-refractivity contribution in [1.29, 1.82) is 0 Å². The maximum absolute atomic E-state index is 12.3. The molecule has 3 rings (SSSR count). The maximum atomic E-state index is 12.3. The second-order valence-corrected chi connectivity index (χ2v) is 5.20. The third-order valence-electron chi connectivity index (χ3n) is 3.74. The first kappa shape index (κ1) is 13.5. The van der Waals surface area contributed by atoms with Gasteiger partial charge in [0.1, 0.15) is 12.7 Å². The Balaban J connectivity index is 1.63. The van der Waals surface area contributed by atoms with E-state index in [9.17, 15) is 4.79 Å². The molecule has 0 radical (unpaired) electrons. The van der Waals surface area contributed by atoms with Crippen molar-refractivity contribution in [3.8, 4) is 0 Å². The number of aromatic nitrogens is 3. The topological polar surface area (TPSA) is 51.0 Å². The first-order chi connectivity index (χ1) is 10.3. The van der Waals surface area contributed by atoms with Gasteiger partial charge < -0.3 is 4.90 Å². The predicted octanol–water partition coefficient (Wildman–Crippen LogP) is 2.16. The van der Waals surface area contributed by atoms with Crippen LogP contribution in [0.2, 0.25) is 0 Å². The monoisotopic (exact) mass is 282 g/mol. The minimum absolute atomic E-state index is 0.0590. The molecule has 5 nitrogen and oxygen atoms in total. The van der Waals surface area contributed by atoms with Gasteiger partial charge in [-0.3, -0.25) is 4.79 Å². The molecule has 0 saturated carbocycles. The van der Waals surface area contributed by atoms with Crippen molar-refractivity contribution < 1.29 is 4.79 Å². The number of amides is 1. The Kier molecular flexibility index (Phi) is 4.09. The average Bonchev–Trinajstić information content (AvgIpc) is 3.08. The standard InChI is InChI=1S/C16H18N4O/c21-16(9-8-14-5-2-1-3-6-14)19-10-4-7-15(11-19)20-13-17-12-18-20/h1-3,5-6,8-9,12-13,15H,4,7,10-11H2/b9-8-/t15-/m1/s1. The van der Waals surface area contributed by atoms with Crippen LogP contribution < -0.4 is 0 Å². The molecule has 1 atom stereocenters. The number of benzene rings is 1. The van der Waals surface area contributed by atoms with Crippen LogP contribution in [0.1, 0.15) is 24.4 Å². The van der Waals surface area contributed by atoms with Crippen molar-refractivity contribution >= 4 is 12.0 Å². The second kappa shape index (κ2) is 6.35. The van der Waals surface area contributed by atoms with E-state index in [1.165, 1.54) is 6.33 Å². The summed E-state index contributed by atoms with van der Waals surface area (Å²) in [6, 6.07) is 10.1. The van der Waals surface area contributed by atoms with E-state index in [2.05, 4.69) is 10.1 Å². The first-order valence-electron chi connectivity index (χ1n) is 7.19. The number of hydrogen-bond acceptors (Lipinski definition) is 3. The van der Waals surface area contributed by atoms with E-state index in [1.807, 2.05) is 46.0 Å². The van der Waals surface area contributed by atoms with E-state index in [-0.39, 0.29) is 11.9 Å². The zero-order valence-corrected chi connectivity index (χ0v) is 11.8. The van der Waals surface area contributed by atoms with Crippen LogP contribution in [-0.4, -0.2) is 38.7 Å². The van der Waals surface area contributed by atoms with Gasteiger partial charge in [-0.05, 0) is 24.5 Å². The Labute approximate surface area is 123 Å². The molecule has 21 heavy (non-hydrogen) atoms. The molecule has 1 aliphatic rings. The number of piperidine rings is 1. The largest absolute Gasteiger partial charge is 0.337 e. The molecule has 5 heteroatoms. The average molecular weight is 282 g/mol. The van der Waals surface area contributed by atoms with E-state index in [0.29, 0.717) is 6.54 Å². The third-order valence-corrected chi connectivity index (χ3v) is 3.74. The Morgan fingerprint density at radius 1 is 1.29 bits per heavy atom. The summed E-state index contributed by atoms with van der Waals surface area (Å²) in [5, 5.41) is 4.18. The molecular formula is C16H18N4O. The molecule has 0 N–H and O–H groups in total.